The SMILES string of the molecule is CCOC(=O)/C=C/C1(C)CN(C(=O)O)CCO1. The lowest BCUT2D eigenvalue weighted by atomic mass is 10.0. The Hall–Kier alpha value is -1.56. The number of morpholine rings is 1. The molecule has 1 fully saturated rings. The van der Waals surface area contributed by atoms with Gasteiger partial charge in [-0.25, -0.2) is 9.59 Å². The van der Waals surface area contributed by atoms with Crippen LogP contribution in [0.5, 0.6) is 0 Å². The standard InChI is InChI=1S/C11H17NO5/c1-3-16-9(13)4-5-11(2)8-12(10(14)15)6-7-17-11/h4-5H,3,6-8H2,1-2H3,(H,14,15)/b5-4+. The van der Waals surface area contributed by atoms with E-state index >= 15 is 0 Å². The molecule has 0 saturated carbocycles. The molecule has 1 aliphatic rings. The maximum absolute atomic E-state index is 11.1. The maximum Gasteiger partial charge on any atom is 0.407 e. The van der Waals surface area contributed by atoms with Gasteiger partial charge in [0, 0.05) is 12.6 Å². The van der Waals surface area contributed by atoms with E-state index in [1.165, 1.54) is 11.0 Å². The van der Waals surface area contributed by atoms with E-state index in [1.54, 1.807) is 19.9 Å². The summed E-state index contributed by atoms with van der Waals surface area (Å²) in [6.45, 7) is 4.63. The number of hydrogen-bond acceptors (Lipinski definition) is 4. The number of carbonyl (C=O) groups excluding carboxylic acids is 1. The molecule has 0 aromatic rings. The number of rotatable bonds is 3. The minimum absolute atomic E-state index is 0.207. The Labute approximate surface area is 99.8 Å². The molecular weight excluding hydrogens is 226 g/mol. The Morgan fingerprint density at radius 2 is 2.29 bits per heavy atom. The fraction of sp³-hybridized carbons (Fsp3) is 0.636. The number of nitrogens with zero attached hydrogens (tertiary/aromatic N) is 1. The van der Waals surface area contributed by atoms with Gasteiger partial charge in [0.1, 0.15) is 5.60 Å². The van der Waals surface area contributed by atoms with Crippen molar-refractivity contribution in [2.24, 2.45) is 0 Å². The van der Waals surface area contributed by atoms with Crippen LogP contribution in [-0.4, -0.2) is 54.0 Å². The minimum atomic E-state index is -0.982. The van der Waals surface area contributed by atoms with E-state index in [2.05, 4.69) is 0 Å². The monoisotopic (exact) mass is 243 g/mol. The fourth-order valence-electron chi connectivity index (χ4n) is 1.59. The van der Waals surface area contributed by atoms with Gasteiger partial charge in [0.05, 0.1) is 19.8 Å². The van der Waals surface area contributed by atoms with Gasteiger partial charge in [0.2, 0.25) is 0 Å². The number of amides is 1. The van der Waals surface area contributed by atoms with Crippen molar-refractivity contribution < 1.29 is 24.2 Å². The first-order valence-corrected chi connectivity index (χ1v) is 5.44. The Kier molecular flexibility index (Phi) is 4.51. The molecule has 1 heterocycles. The van der Waals surface area contributed by atoms with Crippen molar-refractivity contribution in [3.05, 3.63) is 12.2 Å². The summed E-state index contributed by atoms with van der Waals surface area (Å²) in [6.07, 6.45) is 1.83. The van der Waals surface area contributed by atoms with Crippen molar-refractivity contribution in [3.63, 3.8) is 0 Å². The van der Waals surface area contributed by atoms with Crippen LogP contribution in [0.15, 0.2) is 12.2 Å². The second kappa shape index (κ2) is 5.67. The highest BCUT2D eigenvalue weighted by Gasteiger charge is 2.32. The molecule has 1 rings (SSSR count). The van der Waals surface area contributed by atoms with Crippen LogP contribution in [0.25, 0.3) is 0 Å². The molecule has 1 N–H and O–H groups in total. The highest BCUT2D eigenvalue weighted by molar-refractivity contribution is 5.82. The van der Waals surface area contributed by atoms with Crippen molar-refractivity contribution in [2.75, 3.05) is 26.3 Å². The van der Waals surface area contributed by atoms with E-state index in [4.69, 9.17) is 14.6 Å². The average Bonchev–Trinajstić information content (AvgIpc) is 2.27. The maximum atomic E-state index is 11.1. The number of esters is 1. The van der Waals surface area contributed by atoms with E-state index in [0.29, 0.717) is 19.8 Å². The zero-order valence-electron chi connectivity index (χ0n) is 10.0. The molecule has 0 bridgehead atoms. The normalized spacial score (nSPS) is 24.9. The molecule has 0 radical (unpaired) electrons. The van der Waals surface area contributed by atoms with E-state index in [9.17, 15) is 9.59 Å². The third-order valence-electron chi connectivity index (χ3n) is 2.43. The van der Waals surface area contributed by atoms with Crippen molar-refractivity contribution in [3.8, 4) is 0 Å². The lowest BCUT2D eigenvalue weighted by Gasteiger charge is -2.37. The lowest BCUT2D eigenvalue weighted by molar-refractivity contribution is -0.137. The quantitative estimate of drug-likeness (QED) is 0.588. The van der Waals surface area contributed by atoms with E-state index < -0.39 is 17.7 Å². The molecule has 1 amide bonds. The first-order chi connectivity index (χ1) is 7.97. The van der Waals surface area contributed by atoms with Crippen molar-refractivity contribution >= 4 is 12.1 Å². The molecule has 0 spiro atoms. The second-order valence-corrected chi connectivity index (χ2v) is 3.95. The summed E-state index contributed by atoms with van der Waals surface area (Å²) in [5, 5.41) is 8.89. The Bertz CT molecular complexity index is 328. The van der Waals surface area contributed by atoms with Gasteiger partial charge in [-0.15, -0.1) is 0 Å². The number of hydrogen-bond donors (Lipinski definition) is 1. The Balaban J connectivity index is 2.61. The summed E-state index contributed by atoms with van der Waals surface area (Å²) in [5.41, 5.74) is -0.774. The molecule has 0 aromatic carbocycles. The van der Waals surface area contributed by atoms with Crippen LogP contribution in [0, 0.1) is 0 Å². The van der Waals surface area contributed by atoms with Gasteiger partial charge >= 0.3 is 12.1 Å². The number of carboxylic acid groups (broad SMARTS) is 1. The van der Waals surface area contributed by atoms with Crippen molar-refractivity contribution in [1.82, 2.24) is 4.90 Å². The van der Waals surface area contributed by atoms with Crippen LogP contribution < -0.4 is 0 Å². The minimum Gasteiger partial charge on any atom is -0.465 e. The summed E-state index contributed by atoms with van der Waals surface area (Å²) in [7, 11) is 0. The van der Waals surface area contributed by atoms with Gasteiger partial charge in [0.15, 0.2) is 0 Å². The van der Waals surface area contributed by atoms with Gasteiger partial charge < -0.3 is 19.5 Å². The molecule has 1 unspecified atom stereocenters. The van der Waals surface area contributed by atoms with Gasteiger partial charge in [-0.1, -0.05) is 0 Å². The first-order valence-electron chi connectivity index (χ1n) is 5.44. The summed E-state index contributed by atoms with van der Waals surface area (Å²) >= 11 is 0. The molecule has 6 nitrogen and oxygen atoms in total. The molecule has 0 aromatic heterocycles. The third kappa shape index (κ3) is 4.07. The number of ether oxygens (including phenoxy) is 2. The van der Waals surface area contributed by atoms with Crippen LogP contribution in [-0.2, 0) is 14.3 Å². The highest BCUT2D eigenvalue weighted by Crippen LogP contribution is 2.19. The Morgan fingerprint density at radius 3 is 2.88 bits per heavy atom. The van der Waals surface area contributed by atoms with Crippen molar-refractivity contribution in [2.45, 2.75) is 19.4 Å². The summed E-state index contributed by atoms with van der Waals surface area (Å²) in [6, 6.07) is 0. The van der Waals surface area contributed by atoms with Gasteiger partial charge in [-0.2, -0.15) is 0 Å². The zero-order valence-corrected chi connectivity index (χ0v) is 10.0. The molecule has 1 aliphatic heterocycles. The molecule has 6 heteroatoms. The molecule has 17 heavy (non-hydrogen) atoms. The van der Waals surface area contributed by atoms with Gasteiger partial charge in [-0.3, -0.25) is 0 Å². The van der Waals surface area contributed by atoms with Crippen LogP contribution in [0.3, 0.4) is 0 Å². The largest absolute Gasteiger partial charge is 0.465 e. The predicted molar refractivity (Wildman–Crippen MR) is 59.7 cm³/mol. The van der Waals surface area contributed by atoms with Crippen LogP contribution in [0.1, 0.15) is 13.8 Å². The third-order valence-corrected chi connectivity index (χ3v) is 2.43. The summed E-state index contributed by atoms with van der Waals surface area (Å²) in [4.78, 5) is 23.2. The second-order valence-electron chi connectivity index (χ2n) is 3.95. The smallest absolute Gasteiger partial charge is 0.407 e. The molecule has 1 atom stereocenters. The van der Waals surface area contributed by atoms with E-state index in [1.807, 2.05) is 0 Å². The number of carbonyl (C=O) groups is 2. The predicted octanol–water partition coefficient (Wildman–Crippen LogP) is 0.875. The highest BCUT2D eigenvalue weighted by atomic mass is 16.5. The average molecular weight is 243 g/mol. The summed E-state index contributed by atoms with van der Waals surface area (Å²) < 4.78 is 10.2. The van der Waals surface area contributed by atoms with Crippen LogP contribution in [0.4, 0.5) is 4.79 Å². The van der Waals surface area contributed by atoms with Crippen LogP contribution >= 0.6 is 0 Å². The van der Waals surface area contributed by atoms with E-state index in [0.717, 1.165) is 0 Å². The fourth-order valence-corrected chi connectivity index (χ4v) is 1.59. The summed E-state index contributed by atoms with van der Waals surface area (Å²) in [5.74, 6) is -0.454. The molecule has 96 valence electrons. The van der Waals surface area contributed by atoms with Gasteiger partial charge in [0.25, 0.3) is 0 Å². The van der Waals surface area contributed by atoms with Gasteiger partial charge in [-0.05, 0) is 19.9 Å². The molecule has 0 aliphatic carbocycles. The van der Waals surface area contributed by atoms with E-state index in [-0.39, 0.29) is 6.54 Å². The zero-order chi connectivity index (χ0) is 12.9. The van der Waals surface area contributed by atoms with Crippen molar-refractivity contribution in [1.29, 1.82) is 0 Å². The topological polar surface area (TPSA) is 76.1 Å². The van der Waals surface area contributed by atoms with Crippen LogP contribution in [0.2, 0.25) is 0 Å². The molecule has 1 saturated heterocycles. The molecular formula is C11H17NO5. The Morgan fingerprint density at radius 1 is 1.59 bits per heavy atom. The lowest BCUT2D eigenvalue weighted by Crippen LogP contribution is -2.50. The first kappa shape index (κ1) is 13.5.